The molecule has 0 atom stereocenters. The van der Waals surface area contributed by atoms with Gasteiger partial charge in [0.1, 0.15) is 0 Å². The molecule has 1 saturated carbocycles. The molecule has 0 radical (unpaired) electrons. The van der Waals surface area contributed by atoms with Crippen molar-refractivity contribution in [3.05, 3.63) is 46.5 Å². The van der Waals surface area contributed by atoms with E-state index >= 15 is 0 Å². The Hall–Kier alpha value is -3.03. The molecular formula is C19H21N7O. The van der Waals surface area contributed by atoms with Gasteiger partial charge in [0, 0.05) is 39.3 Å². The molecule has 3 aromatic heterocycles. The Balaban J connectivity index is 1.34. The zero-order valence-electron chi connectivity index (χ0n) is 15.4. The number of hydrogen-bond acceptors (Lipinski definition) is 7. The van der Waals surface area contributed by atoms with Gasteiger partial charge in [-0.2, -0.15) is 10.1 Å². The quantitative estimate of drug-likeness (QED) is 0.691. The van der Waals surface area contributed by atoms with Gasteiger partial charge in [-0.1, -0.05) is 0 Å². The molecule has 27 heavy (non-hydrogen) atoms. The van der Waals surface area contributed by atoms with Crippen LogP contribution in [0.3, 0.4) is 0 Å². The molecule has 4 heterocycles. The molecule has 1 aliphatic heterocycles. The number of nitrogens with zero attached hydrogens (tertiary/aromatic N) is 7. The lowest BCUT2D eigenvalue weighted by Gasteiger charge is -2.44. The number of pyridine rings is 1. The van der Waals surface area contributed by atoms with Crippen molar-refractivity contribution in [2.24, 2.45) is 7.05 Å². The molecule has 138 valence electrons. The Morgan fingerprint density at radius 2 is 1.96 bits per heavy atom. The van der Waals surface area contributed by atoms with Gasteiger partial charge in [-0.05, 0) is 37.1 Å². The Labute approximate surface area is 156 Å². The standard InChI is InChI=1S/C19H21N7O/c1-24(19-21-17-14(4-3-9-20-17)18(27)25(19)2)13-10-26(11-13)16-8-7-15(22-23-16)12-5-6-12/h3-4,7-9,12-13H,5-6,10-11H2,1-2H3. The molecule has 2 fully saturated rings. The third-order valence-corrected chi connectivity index (χ3v) is 5.54. The summed E-state index contributed by atoms with van der Waals surface area (Å²) in [4.78, 5) is 25.7. The molecule has 0 amide bonds. The SMILES string of the molecule is CN(c1nc2ncccc2c(=O)n1C)C1CN(c2ccc(C3CC3)nn2)C1. The smallest absolute Gasteiger partial charge is 0.264 e. The summed E-state index contributed by atoms with van der Waals surface area (Å²) < 4.78 is 1.59. The third-order valence-electron chi connectivity index (χ3n) is 5.54. The predicted molar refractivity (Wildman–Crippen MR) is 103 cm³/mol. The summed E-state index contributed by atoms with van der Waals surface area (Å²) in [6.07, 6.45) is 4.13. The van der Waals surface area contributed by atoms with Gasteiger partial charge in [0.15, 0.2) is 11.5 Å². The van der Waals surface area contributed by atoms with Gasteiger partial charge >= 0.3 is 0 Å². The summed E-state index contributed by atoms with van der Waals surface area (Å²) in [5.74, 6) is 2.16. The summed E-state index contributed by atoms with van der Waals surface area (Å²) in [7, 11) is 3.73. The largest absolute Gasteiger partial charge is 0.351 e. The van der Waals surface area contributed by atoms with Gasteiger partial charge in [-0.25, -0.2) is 4.98 Å². The molecule has 0 spiro atoms. The van der Waals surface area contributed by atoms with Gasteiger partial charge < -0.3 is 9.80 Å². The zero-order valence-corrected chi connectivity index (χ0v) is 15.4. The van der Waals surface area contributed by atoms with E-state index in [1.54, 1.807) is 29.9 Å². The second-order valence-electron chi connectivity index (χ2n) is 7.41. The fourth-order valence-corrected chi connectivity index (χ4v) is 3.56. The fraction of sp³-hybridized carbons (Fsp3) is 0.421. The van der Waals surface area contributed by atoms with E-state index in [2.05, 4.69) is 42.1 Å². The molecular weight excluding hydrogens is 342 g/mol. The third kappa shape index (κ3) is 2.72. The second kappa shape index (κ2) is 6.00. The van der Waals surface area contributed by atoms with Crippen LogP contribution in [0.5, 0.6) is 0 Å². The highest BCUT2D eigenvalue weighted by Gasteiger charge is 2.33. The number of fused-ring (bicyclic) bond motifs is 1. The van der Waals surface area contributed by atoms with Crippen molar-refractivity contribution >= 4 is 22.8 Å². The maximum Gasteiger partial charge on any atom is 0.264 e. The first-order valence-corrected chi connectivity index (χ1v) is 9.25. The predicted octanol–water partition coefficient (Wildman–Crippen LogP) is 1.32. The number of anilines is 2. The number of aromatic nitrogens is 5. The van der Waals surface area contributed by atoms with Crippen LogP contribution in [0.15, 0.2) is 35.3 Å². The topological polar surface area (TPSA) is 80.0 Å². The summed E-state index contributed by atoms with van der Waals surface area (Å²) in [6, 6.07) is 7.93. The van der Waals surface area contributed by atoms with Crippen LogP contribution in [-0.4, -0.2) is 50.9 Å². The molecule has 5 rings (SSSR count). The van der Waals surface area contributed by atoms with Crippen molar-refractivity contribution in [1.82, 2.24) is 24.7 Å². The Bertz CT molecular complexity index is 1050. The summed E-state index contributed by atoms with van der Waals surface area (Å²) in [5, 5.41) is 9.28. The summed E-state index contributed by atoms with van der Waals surface area (Å²) in [6.45, 7) is 1.65. The average molecular weight is 363 g/mol. The molecule has 0 N–H and O–H groups in total. The molecule has 8 nitrogen and oxygen atoms in total. The number of rotatable bonds is 4. The minimum atomic E-state index is -0.0762. The molecule has 1 aliphatic carbocycles. The first-order valence-electron chi connectivity index (χ1n) is 9.25. The van der Waals surface area contributed by atoms with Gasteiger partial charge in [-0.15, -0.1) is 5.10 Å². The van der Waals surface area contributed by atoms with E-state index in [4.69, 9.17) is 0 Å². The van der Waals surface area contributed by atoms with E-state index in [0.717, 1.165) is 24.6 Å². The molecule has 0 bridgehead atoms. The average Bonchev–Trinajstić information content (AvgIpc) is 3.49. The molecule has 3 aromatic rings. The Morgan fingerprint density at radius 1 is 1.15 bits per heavy atom. The highest BCUT2D eigenvalue weighted by Crippen LogP contribution is 2.38. The number of likely N-dealkylation sites (N-methyl/N-ethyl adjacent to an activating group) is 1. The fourth-order valence-electron chi connectivity index (χ4n) is 3.56. The number of hydrogen-bond donors (Lipinski definition) is 0. The summed E-state index contributed by atoms with van der Waals surface area (Å²) in [5.41, 5.74) is 1.52. The maximum absolute atomic E-state index is 12.6. The van der Waals surface area contributed by atoms with E-state index in [-0.39, 0.29) is 11.6 Å². The van der Waals surface area contributed by atoms with Crippen LogP contribution in [0.1, 0.15) is 24.5 Å². The van der Waals surface area contributed by atoms with E-state index in [1.165, 1.54) is 12.8 Å². The van der Waals surface area contributed by atoms with Crippen LogP contribution < -0.4 is 15.4 Å². The first-order chi connectivity index (χ1) is 13.1. The van der Waals surface area contributed by atoms with E-state index in [0.29, 0.717) is 22.9 Å². The molecule has 1 saturated heterocycles. The monoisotopic (exact) mass is 363 g/mol. The van der Waals surface area contributed by atoms with Crippen molar-refractivity contribution in [3.63, 3.8) is 0 Å². The minimum Gasteiger partial charge on any atom is -0.351 e. The normalized spacial score (nSPS) is 17.2. The minimum absolute atomic E-state index is 0.0762. The lowest BCUT2D eigenvalue weighted by atomic mass is 10.1. The van der Waals surface area contributed by atoms with E-state index in [1.807, 2.05) is 7.05 Å². The Kier molecular flexibility index (Phi) is 3.60. The van der Waals surface area contributed by atoms with Crippen LogP contribution >= 0.6 is 0 Å². The van der Waals surface area contributed by atoms with E-state index in [9.17, 15) is 4.79 Å². The maximum atomic E-state index is 12.6. The van der Waals surface area contributed by atoms with Crippen LogP contribution in [-0.2, 0) is 7.05 Å². The van der Waals surface area contributed by atoms with Gasteiger partial charge in [0.05, 0.1) is 17.1 Å². The first kappa shape index (κ1) is 16.2. The van der Waals surface area contributed by atoms with Crippen molar-refractivity contribution in [1.29, 1.82) is 0 Å². The highest BCUT2D eigenvalue weighted by atomic mass is 16.1. The lowest BCUT2D eigenvalue weighted by molar-refractivity contribution is 0.479. The van der Waals surface area contributed by atoms with Crippen LogP contribution in [0, 0.1) is 0 Å². The van der Waals surface area contributed by atoms with Crippen LogP contribution in [0.4, 0.5) is 11.8 Å². The van der Waals surface area contributed by atoms with Crippen molar-refractivity contribution < 1.29 is 0 Å². The Morgan fingerprint density at radius 3 is 2.67 bits per heavy atom. The zero-order chi connectivity index (χ0) is 18.5. The molecule has 0 aromatic carbocycles. The van der Waals surface area contributed by atoms with Gasteiger partial charge in [0.25, 0.3) is 5.56 Å². The van der Waals surface area contributed by atoms with E-state index < -0.39 is 0 Å². The van der Waals surface area contributed by atoms with Crippen LogP contribution in [0.25, 0.3) is 11.0 Å². The van der Waals surface area contributed by atoms with Gasteiger partial charge in [-0.3, -0.25) is 9.36 Å². The molecule has 8 heteroatoms. The highest BCUT2D eigenvalue weighted by molar-refractivity contribution is 5.74. The summed E-state index contributed by atoms with van der Waals surface area (Å²) >= 11 is 0. The molecule has 2 aliphatic rings. The second-order valence-corrected chi connectivity index (χ2v) is 7.41. The van der Waals surface area contributed by atoms with Crippen molar-refractivity contribution in [2.45, 2.75) is 24.8 Å². The van der Waals surface area contributed by atoms with Gasteiger partial charge in [0.2, 0.25) is 5.95 Å². The van der Waals surface area contributed by atoms with Crippen molar-refractivity contribution in [3.8, 4) is 0 Å². The van der Waals surface area contributed by atoms with Crippen LogP contribution in [0.2, 0.25) is 0 Å². The molecule has 0 unspecified atom stereocenters. The van der Waals surface area contributed by atoms with Crippen molar-refractivity contribution in [2.75, 3.05) is 29.9 Å². The lowest BCUT2D eigenvalue weighted by Crippen LogP contribution is -2.59.